The summed E-state index contributed by atoms with van der Waals surface area (Å²) < 4.78 is 5.29. The Bertz CT molecular complexity index is 556. The molecule has 0 radical (unpaired) electrons. The van der Waals surface area contributed by atoms with Crippen molar-refractivity contribution in [3.63, 3.8) is 0 Å². The Morgan fingerprint density at radius 3 is 2.31 bits per heavy atom. The molecule has 1 aromatic rings. The smallest absolute Gasteiger partial charge is 0.338 e. The second-order valence-electron chi connectivity index (χ2n) is 6.17. The van der Waals surface area contributed by atoms with Crippen LogP contribution in [0.3, 0.4) is 0 Å². The number of likely N-dealkylation sites (N-methyl/N-ethyl adjacent to an activating group) is 1. The van der Waals surface area contributed by atoms with Gasteiger partial charge in [-0.05, 0) is 44.3 Å². The molecule has 0 aliphatic heterocycles. The minimum atomic E-state index is -0.675. The summed E-state index contributed by atoms with van der Waals surface area (Å²) in [5.74, 6) is -0.538. The van der Waals surface area contributed by atoms with E-state index in [9.17, 15) is 14.7 Å². The van der Waals surface area contributed by atoms with Crippen molar-refractivity contribution in [3.05, 3.63) is 29.8 Å². The van der Waals surface area contributed by atoms with Gasteiger partial charge in [-0.1, -0.05) is 13.8 Å². The van der Waals surface area contributed by atoms with Crippen LogP contribution in [-0.2, 0) is 9.53 Å². The summed E-state index contributed by atoms with van der Waals surface area (Å²) in [4.78, 5) is 25.4. The standard InChI is InChI=1S/C19H31N3O4/c1-5-22(6-2)11-12-26-19(25)16-7-9-17(10-8-16)20-13-18(14(3)23)21-15(4)24/h7-10,14,18,20,23H,5-6,11-13H2,1-4H3,(H,21,24). The van der Waals surface area contributed by atoms with Gasteiger partial charge in [0, 0.05) is 25.7 Å². The molecule has 0 saturated carbocycles. The van der Waals surface area contributed by atoms with Crippen molar-refractivity contribution in [2.45, 2.75) is 39.8 Å². The first-order valence-electron chi connectivity index (χ1n) is 9.05. The van der Waals surface area contributed by atoms with E-state index in [-0.39, 0.29) is 11.9 Å². The molecule has 0 aliphatic carbocycles. The van der Waals surface area contributed by atoms with Gasteiger partial charge in [0.1, 0.15) is 6.61 Å². The Labute approximate surface area is 155 Å². The molecule has 2 unspecified atom stereocenters. The van der Waals surface area contributed by atoms with E-state index in [1.165, 1.54) is 6.92 Å². The Balaban J connectivity index is 2.49. The van der Waals surface area contributed by atoms with E-state index in [1.807, 2.05) is 0 Å². The van der Waals surface area contributed by atoms with Crippen LogP contribution in [0, 0.1) is 0 Å². The molecule has 26 heavy (non-hydrogen) atoms. The van der Waals surface area contributed by atoms with Crippen molar-refractivity contribution in [1.29, 1.82) is 0 Å². The number of carbonyl (C=O) groups is 2. The first kappa shape index (κ1) is 21.9. The largest absolute Gasteiger partial charge is 0.461 e. The zero-order valence-electron chi connectivity index (χ0n) is 16.1. The third-order valence-corrected chi connectivity index (χ3v) is 4.15. The number of aliphatic hydroxyl groups excluding tert-OH is 1. The number of rotatable bonds is 11. The molecule has 0 aliphatic rings. The summed E-state index contributed by atoms with van der Waals surface area (Å²) >= 11 is 0. The first-order valence-corrected chi connectivity index (χ1v) is 9.05. The van der Waals surface area contributed by atoms with Crippen molar-refractivity contribution in [1.82, 2.24) is 10.2 Å². The molecule has 0 spiro atoms. The van der Waals surface area contributed by atoms with Crippen LogP contribution in [-0.4, -0.2) is 66.8 Å². The van der Waals surface area contributed by atoms with E-state index < -0.39 is 12.1 Å². The molecular weight excluding hydrogens is 334 g/mol. The fourth-order valence-electron chi connectivity index (χ4n) is 2.45. The van der Waals surface area contributed by atoms with E-state index in [1.54, 1.807) is 31.2 Å². The molecule has 2 atom stereocenters. The lowest BCUT2D eigenvalue weighted by Crippen LogP contribution is -2.45. The van der Waals surface area contributed by atoms with E-state index >= 15 is 0 Å². The molecule has 7 nitrogen and oxygen atoms in total. The third-order valence-electron chi connectivity index (χ3n) is 4.15. The zero-order valence-corrected chi connectivity index (χ0v) is 16.1. The minimum absolute atomic E-state index is 0.194. The molecule has 1 amide bonds. The van der Waals surface area contributed by atoms with Crippen LogP contribution in [0.4, 0.5) is 5.69 Å². The number of hydrogen-bond acceptors (Lipinski definition) is 6. The number of aliphatic hydroxyl groups is 1. The number of anilines is 1. The van der Waals surface area contributed by atoms with Crippen LogP contribution < -0.4 is 10.6 Å². The molecular formula is C19H31N3O4. The minimum Gasteiger partial charge on any atom is -0.461 e. The number of nitrogens with one attached hydrogen (secondary N) is 2. The lowest BCUT2D eigenvalue weighted by atomic mass is 10.1. The SMILES string of the molecule is CCN(CC)CCOC(=O)c1ccc(NCC(NC(C)=O)C(C)O)cc1. The second-order valence-corrected chi connectivity index (χ2v) is 6.17. The summed E-state index contributed by atoms with van der Waals surface area (Å²) in [6.07, 6.45) is -0.675. The number of benzene rings is 1. The molecule has 0 saturated heterocycles. The summed E-state index contributed by atoms with van der Waals surface area (Å²) in [5, 5.41) is 15.5. The van der Waals surface area contributed by atoms with E-state index in [4.69, 9.17) is 4.74 Å². The van der Waals surface area contributed by atoms with Crippen molar-refractivity contribution < 1.29 is 19.4 Å². The van der Waals surface area contributed by atoms with Crippen LogP contribution in [0.25, 0.3) is 0 Å². The van der Waals surface area contributed by atoms with Gasteiger partial charge in [-0.3, -0.25) is 4.79 Å². The second kappa shape index (κ2) is 11.5. The quantitative estimate of drug-likeness (QED) is 0.515. The molecule has 0 fully saturated rings. The summed E-state index contributed by atoms with van der Waals surface area (Å²) in [6, 6.07) is 6.54. The summed E-state index contributed by atoms with van der Waals surface area (Å²) in [6.45, 7) is 10.5. The maximum atomic E-state index is 12.0. The third kappa shape index (κ3) is 7.84. The fraction of sp³-hybridized carbons (Fsp3) is 0.579. The topological polar surface area (TPSA) is 90.9 Å². The lowest BCUT2D eigenvalue weighted by molar-refractivity contribution is -0.120. The number of amides is 1. The van der Waals surface area contributed by atoms with E-state index in [0.29, 0.717) is 18.7 Å². The van der Waals surface area contributed by atoms with Crippen molar-refractivity contribution in [2.75, 3.05) is 38.1 Å². The van der Waals surface area contributed by atoms with Crippen molar-refractivity contribution in [3.8, 4) is 0 Å². The highest BCUT2D eigenvalue weighted by molar-refractivity contribution is 5.89. The number of esters is 1. The highest BCUT2D eigenvalue weighted by atomic mass is 16.5. The predicted octanol–water partition coefficient (Wildman–Crippen LogP) is 1.48. The molecule has 0 heterocycles. The average Bonchev–Trinajstić information content (AvgIpc) is 2.62. The van der Waals surface area contributed by atoms with Gasteiger partial charge in [0.15, 0.2) is 0 Å². The molecule has 1 rings (SSSR count). The first-order chi connectivity index (χ1) is 12.4. The van der Waals surface area contributed by atoms with Crippen LogP contribution in [0.2, 0.25) is 0 Å². The predicted molar refractivity (Wildman–Crippen MR) is 102 cm³/mol. The Morgan fingerprint density at radius 1 is 1.19 bits per heavy atom. The summed E-state index contributed by atoms with van der Waals surface area (Å²) in [7, 11) is 0. The van der Waals surface area contributed by atoms with Gasteiger partial charge in [-0.15, -0.1) is 0 Å². The average molecular weight is 365 g/mol. The van der Waals surface area contributed by atoms with Crippen molar-refractivity contribution >= 4 is 17.6 Å². The van der Waals surface area contributed by atoms with Crippen molar-refractivity contribution in [2.24, 2.45) is 0 Å². The van der Waals surface area contributed by atoms with Gasteiger partial charge in [0.25, 0.3) is 0 Å². The van der Waals surface area contributed by atoms with Crippen LogP contribution in [0.15, 0.2) is 24.3 Å². The number of carbonyl (C=O) groups excluding carboxylic acids is 2. The van der Waals surface area contributed by atoms with Crippen LogP contribution in [0.1, 0.15) is 38.1 Å². The maximum Gasteiger partial charge on any atom is 0.338 e. The highest BCUT2D eigenvalue weighted by Crippen LogP contribution is 2.11. The van der Waals surface area contributed by atoms with E-state index in [0.717, 1.165) is 25.3 Å². The van der Waals surface area contributed by atoms with Gasteiger partial charge in [-0.2, -0.15) is 0 Å². The molecule has 0 aromatic heterocycles. The van der Waals surface area contributed by atoms with Crippen LogP contribution >= 0.6 is 0 Å². The van der Waals surface area contributed by atoms with Gasteiger partial charge >= 0.3 is 5.97 Å². The molecule has 3 N–H and O–H groups in total. The van der Waals surface area contributed by atoms with Gasteiger partial charge in [-0.25, -0.2) is 4.79 Å². The maximum absolute atomic E-state index is 12.0. The number of ether oxygens (including phenoxy) is 1. The van der Waals surface area contributed by atoms with Gasteiger partial charge in [0.2, 0.25) is 5.91 Å². The molecule has 146 valence electrons. The van der Waals surface area contributed by atoms with Gasteiger partial charge < -0.3 is 25.4 Å². The Kier molecular flexibility index (Phi) is 9.69. The lowest BCUT2D eigenvalue weighted by Gasteiger charge is -2.21. The Hall–Kier alpha value is -2.12. The fourth-order valence-corrected chi connectivity index (χ4v) is 2.45. The number of hydrogen-bond donors (Lipinski definition) is 3. The molecule has 7 heteroatoms. The Morgan fingerprint density at radius 2 is 1.81 bits per heavy atom. The summed E-state index contributed by atoms with van der Waals surface area (Å²) in [5.41, 5.74) is 1.28. The van der Waals surface area contributed by atoms with Gasteiger partial charge in [0.05, 0.1) is 17.7 Å². The monoisotopic (exact) mass is 365 g/mol. The van der Waals surface area contributed by atoms with E-state index in [2.05, 4.69) is 29.4 Å². The highest BCUT2D eigenvalue weighted by Gasteiger charge is 2.15. The normalized spacial score (nSPS) is 13.2. The molecule has 1 aromatic carbocycles. The zero-order chi connectivity index (χ0) is 19.5. The molecule has 0 bridgehead atoms. The number of nitrogens with zero attached hydrogens (tertiary/aromatic N) is 1. The van der Waals surface area contributed by atoms with Crippen LogP contribution in [0.5, 0.6) is 0 Å².